The van der Waals surface area contributed by atoms with E-state index in [1.54, 1.807) is 18.2 Å². The van der Waals surface area contributed by atoms with E-state index in [9.17, 15) is 0 Å². The Labute approximate surface area is 90.0 Å². The van der Waals surface area contributed by atoms with Gasteiger partial charge < -0.3 is 0 Å². The molecule has 2 aromatic rings. The van der Waals surface area contributed by atoms with Gasteiger partial charge in [0.25, 0.3) is 0 Å². The topological polar surface area (TPSA) is 51.6 Å². The van der Waals surface area contributed by atoms with Crippen LogP contribution in [0.1, 0.15) is 0 Å². The first-order valence-electron chi connectivity index (χ1n) is 3.73. The second-order valence-electron chi connectivity index (χ2n) is 2.42. The molecule has 0 radical (unpaired) electrons. The SMILES string of the molecule is Clc1cccc(-c2ncnc(Cl)n2)n1. The molecule has 0 atom stereocenters. The van der Waals surface area contributed by atoms with E-state index in [-0.39, 0.29) is 5.28 Å². The second kappa shape index (κ2) is 3.86. The summed E-state index contributed by atoms with van der Waals surface area (Å²) in [6, 6.07) is 5.19. The molecule has 0 amide bonds. The lowest BCUT2D eigenvalue weighted by molar-refractivity contribution is 1.04. The van der Waals surface area contributed by atoms with Crippen molar-refractivity contribution in [3.63, 3.8) is 0 Å². The van der Waals surface area contributed by atoms with Crippen molar-refractivity contribution in [1.82, 2.24) is 19.9 Å². The lowest BCUT2D eigenvalue weighted by atomic mass is 10.3. The van der Waals surface area contributed by atoms with Gasteiger partial charge in [0.05, 0.1) is 0 Å². The van der Waals surface area contributed by atoms with Gasteiger partial charge in [-0.1, -0.05) is 17.7 Å². The van der Waals surface area contributed by atoms with Crippen LogP contribution in [0.15, 0.2) is 24.5 Å². The minimum atomic E-state index is 0.136. The van der Waals surface area contributed by atoms with Crippen LogP contribution >= 0.6 is 23.2 Å². The molecule has 14 heavy (non-hydrogen) atoms. The fourth-order valence-corrected chi connectivity index (χ4v) is 1.22. The molecular formula is C8H4Cl2N4. The summed E-state index contributed by atoms with van der Waals surface area (Å²) < 4.78 is 0. The van der Waals surface area contributed by atoms with Gasteiger partial charge in [0, 0.05) is 0 Å². The number of pyridine rings is 1. The first-order chi connectivity index (χ1) is 6.75. The quantitative estimate of drug-likeness (QED) is 0.701. The van der Waals surface area contributed by atoms with Gasteiger partial charge in [-0.05, 0) is 23.7 Å². The summed E-state index contributed by atoms with van der Waals surface area (Å²) in [5.41, 5.74) is 0.571. The van der Waals surface area contributed by atoms with Crippen molar-refractivity contribution in [2.45, 2.75) is 0 Å². The number of nitrogens with zero attached hydrogens (tertiary/aromatic N) is 4. The zero-order chi connectivity index (χ0) is 9.97. The normalized spacial score (nSPS) is 10.1. The van der Waals surface area contributed by atoms with E-state index in [0.29, 0.717) is 16.7 Å². The molecule has 0 spiro atoms. The average Bonchev–Trinajstić information content (AvgIpc) is 2.18. The Morgan fingerprint density at radius 1 is 1.00 bits per heavy atom. The summed E-state index contributed by atoms with van der Waals surface area (Å²) in [7, 11) is 0. The molecule has 0 aliphatic carbocycles. The molecule has 0 aliphatic rings. The maximum atomic E-state index is 5.72. The summed E-state index contributed by atoms with van der Waals surface area (Å²) in [6.45, 7) is 0. The highest BCUT2D eigenvalue weighted by molar-refractivity contribution is 6.29. The maximum Gasteiger partial charge on any atom is 0.225 e. The van der Waals surface area contributed by atoms with Crippen LogP contribution < -0.4 is 0 Å². The van der Waals surface area contributed by atoms with E-state index in [4.69, 9.17) is 23.2 Å². The van der Waals surface area contributed by atoms with Crippen LogP contribution in [0.2, 0.25) is 10.4 Å². The molecule has 0 N–H and O–H groups in total. The highest BCUT2D eigenvalue weighted by Crippen LogP contribution is 2.14. The van der Waals surface area contributed by atoms with Gasteiger partial charge in [-0.3, -0.25) is 0 Å². The van der Waals surface area contributed by atoms with Crippen molar-refractivity contribution >= 4 is 23.2 Å². The van der Waals surface area contributed by atoms with Crippen LogP contribution in [0.25, 0.3) is 11.5 Å². The highest BCUT2D eigenvalue weighted by Gasteiger charge is 2.03. The van der Waals surface area contributed by atoms with Crippen LogP contribution in [0, 0.1) is 0 Å². The van der Waals surface area contributed by atoms with E-state index < -0.39 is 0 Å². The number of rotatable bonds is 1. The van der Waals surface area contributed by atoms with Crippen molar-refractivity contribution in [3.05, 3.63) is 35.0 Å². The summed E-state index contributed by atoms with van der Waals surface area (Å²) in [5, 5.41) is 0.524. The van der Waals surface area contributed by atoms with Gasteiger partial charge in [-0.25, -0.2) is 15.0 Å². The summed E-state index contributed by atoms with van der Waals surface area (Å²) in [6.07, 6.45) is 1.33. The first kappa shape index (κ1) is 9.30. The molecule has 4 nitrogen and oxygen atoms in total. The third kappa shape index (κ3) is 1.97. The van der Waals surface area contributed by atoms with Crippen molar-refractivity contribution < 1.29 is 0 Å². The molecule has 70 valence electrons. The molecule has 2 aromatic heterocycles. The van der Waals surface area contributed by atoms with Gasteiger partial charge in [0.2, 0.25) is 5.28 Å². The zero-order valence-electron chi connectivity index (χ0n) is 6.85. The summed E-state index contributed by atoms with van der Waals surface area (Å²) >= 11 is 11.3. The van der Waals surface area contributed by atoms with Gasteiger partial charge in [-0.2, -0.15) is 4.98 Å². The maximum absolute atomic E-state index is 5.72. The molecule has 0 unspecified atom stereocenters. The Morgan fingerprint density at radius 2 is 1.86 bits per heavy atom. The third-order valence-electron chi connectivity index (χ3n) is 1.49. The van der Waals surface area contributed by atoms with E-state index in [1.807, 2.05) is 0 Å². The number of hydrogen-bond donors (Lipinski definition) is 0. The fraction of sp³-hybridized carbons (Fsp3) is 0. The fourth-order valence-electron chi connectivity index (χ4n) is 0.933. The zero-order valence-corrected chi connectivity index (χ0v) is 8.37. The first-order valence-corrected chi connectivity index (χ1v) is 4.49. The van der Waals surface area contributed by atoms with Crippen molar-refractivity contribution in [2.75, 3.05) is 0 Å². The van der Waals surface area contributed by atoms with Crippen LogP contribution in [0.4, 0.5) is 0 Å². The molecule has 0 saturated heterocycles. The molecule has 0 bridgehead atoms. The lowest BCUT2D eigenvalue weighted by Gasteiger charge is -1.98. The van der Waals surface area contributed by atoms with Crippen LogP contribution in [-0.2, 0) is 0 Å². The van der Waals surface area contributed by atoms with Crippen molar-refractivity contribution in [3.8, 4) is 11.5 Å². The molecule has 0 saturated carbocycles. The van der Waals surface area contributed by atoms with Crippen LogP contribution in [-0.4, -0.2) is 19.9 Å². The number of aromatic nitrogens is 4. The molecule has 6 heteroatoms. The van der Waals surface area contributed by atoms with Gasteiger partial charge >= 0.3 is 0 Å². The minimum Gasteiger partial charge on any atom is -0.233 e. The predicted molar refractivity (Wildman–Crippen MR) is 53.1 cm³/mol. The van der Waals surface area contributed by atoms with E-state index in [0.717, 1.165) is 0 Å². The second-order valence-corrected chi connectivity index (χ2v) is 3.15. The Morgan fingerprint density at radius 3 is 2.57 bits per heavy atom. The van der Waals surface area contributed by atoms with E-state index >= 15 is 0 Å². The van der Waals surface area contributed by atoms with Gasteiger partial charge in [-0.15, -0.1) is 0 Å². The smallest absolute Gasteiger partial charge is 0.225 e. The largest absolute Gasteiger partial charge is 0.233 e. The van der Waals surface area contributed by atoms with E-state index in [2.05, 4.69) is 19.9 Å². The Bertz CT molecular complexity index is 417. The van der Waals surface area contributed by atoms with Crippen molar-refractivity contribution in [1.29, 1.82) is 0 Å². The number of hydrogen-bond acceptors (Lipinski definition) is 4. The standard InChI is InChI=1S/C8H4Cl2N4/c9-6-3-1-2-5(13-6)7-11-4-12-8(10)14-7/h1-4H. The van der Waals surface area contributed by atoms with Crippen LogP contribution in [0.3, 0.4) is 0 Å². The Hall–Kier alpha value is -1.26. The summed E-state index contributed by atoms with van der Waals surface area (Å²) in [5.74, 6) is 0.410. The van der Waals surface area contributed by atoms with Gasteiger partial charge in [0.1, 0.15) is 17.2 Å². The van der Waals surface area contributed by atoms with Crippen molar-refractivity contribution in [2.24, 2.45) is 0 Å². The average molecular weight is 227 g/mol. The highest BCUT2D eigenvalue weighted by atomic mass is 35.5. The minimum absolute atomic E-state index is 0.136. The van der Waals surface area contributed by atoms with Crippen LogP contribution in [0.5, 0.6) is 0 Å². The molecule has 2 rings (SSSR count). The Kier molecular flexibility index (Phi) is 2.56. The molecule has 0 fully saturated rings. The lowest BCUT2D eigenvalue weighted by Crippen LogP contribution is -1.93. The van der Waals surface area contributed by atoms with E-state index in [1.165, 1.54) is 6.33 Å². The Balaban J connectivity index is 2.49. The molecule has 0 aromatic carbocycles. The number of halogens is 2. The predicted octanol–water partition coefficient (Wildman–Crippen LogP) is 2.24. The molecule has 2 heterocycles. The van der Waals surface area contributed by atoms with Gasteiger partial charge in [0.15, 0.2) is 5.82 Å². The molecule has 0 aliphatic heterocycles. The summed E-state index contributed by atoms with van der Waals surface area (Å²) in [4.78, 5) is 15.5. The third-order valence-corrected chi connectivity index (χ3v) is 1.88. The molecular weight excluding hydrogens is 223 g/mol. The monoisotopic (exact) mass is 226 g/mol.